The third-order valence-electron chi connectivity index (χ3n) is 3.07. The summed E-state index contributed by atoms with van der Waals surface area (Å²) in [4.78, 5) is 7.48. The summed E-state index contributed by atoms with van der Waals surface area (Å²) >= 11 is 10.2. The summed E-state index contributed by atoms with van der Waals surface area (Å²) in [6, 6.07) is 3.21. The monoisotopic (exact) mass is 371 g/mol. The van der Waals surface area contributed by atoms with Gasteiger partial charge in [0.1, 0.15) is 5.82 Å². The summed E-state index contributed by atoms with van der Waals surface area (Å²) in [5.74, 6) is -0.295. The van der Waals surface area contributed by atoms with Gasteiger partial charge in [0.15, 0.2) is 4.77 Å². The molecule has 0 saturated heterocycles. The molecule has 0 aliphatic heterocycles. The molecule has 20 heavy (non-hydrogen) atoms. The maximum absolute atomic E-state index is 13.5. The molecule has 0 bridgehead atoms. The van der Waals surface area contributed by atoms with Crippen molar-refractivity contribution in [2.75, 3.05) is 0 Å². The van der Waals surface area contributed by atoms with Gasteiger partial charge in [-0.2, -0.15) is 0 Å². The zero-order chi connectivity index (χ0) is 14.3. The summed E-state index contributed by atoms with van der Waals surface area (Å²) < 4.78 is 16.5. The summed E-state index contributed by atoms with van der Waals surface area (Å²) in [5, 5.41) is 3.12. The van der Waals surface area contributed by atoms with Gasteiger partial charge in [0.25, 0.3) is 0 Å². The molecule has 0 atom stereocenters. The van der Waals surface area contributed by atoms with Gasteiger partial charge in [-0.25, -0.2) is 9.37 Å². The number of fused-ring (bicyclic) bond motifs is 1. The Hall–Kier alpha value is -1.05. The lowest BCUT2D eigenvalue weighted by Crippen LogP contribution is -2.01. The van der Waals surface area contributed by atoms with Crippen molar-refractivity contribution in [2.45, 2.75) is 19.9 Å². The number of H-pyrrole nitrogens is 1. The van der Waals surface area contributed by atoms with Gasteiger partial charge < -0.3 is 9.55 Å². The normalized spacial score (nSPS) is 11.3. The first-order chi connectivity index (χ1) is 9.54. The molecule has 0 spiro atoms. The van der Waals surface area contributed by atoms with E-state index in [9.17, 15) is 4.39 Å². The lowest BCUT2D eigenvalue weighted by molar-refractivity contribution is 0.622. The highest BCUT2D eigenvalue weighted by Gasteiger charge is 2.09. The van der Waals surface area contributed by atoms with Crippen LogP contribution in [0.15, 0.2) is 22.0 Å². The molecule has 104 valence electrons. The van der Waals surface area contributed by atoms with Gasteiger partial charge in [0.2, 0.25) is 0 Å². The van der Waals surface area contributed by atoms with E-state index in [0.29, 0.717) is 14.8 Å². The van der Waals surface area contributed by atoms with Crippen LogP contribution < -0.4 is 0 Å². The SMILES string of the molecule is Cc1nc(CCn2c(=S)[nH]c3cc(F)c(Br)cc32)cs1. The minimum atomic E-state index is -0.295. The minimum Gasteiger partial charge on any atom is -0.330 e. The van der Waals surface area contributed by atoms with Gasteiger partial charge in [-0.15, -0.1) is 11.3 Å². The number of hydrogen-bond acceptors (Lipinski definition) is 3. The number of benzene rings is 1. The summed E-state index contributed by atoms with van der Waals surface area (Å²) in [5.41, 5.74) is 2.67. The predicted molar refractivity (Wildman–Crippen MR) is 85.3 cm³/mol. The first kappa shape index (κ1) is 13.9. The fraction of sp³-hybridized carbons (Fsp3) is 0.231. The zero-order valence-corrected chi connectivity index (χ0v) is 13.8. The van der Waals surface area contributed by atoms with Crippen LogP contribution in [0.1, 0.15) is 10.7 Å². The van der Waals surface area contributed by atoms with Gasteiger partial charge in [-0.1, -0.05) is 0 Å². The molecule has 3 nitrogen and oxygen atoms in total. The molecule has 0 amide bonds. The van der Waals surface area contributed by atoms with Crippen LogP contribution in [0.25, 0.3) is 11.0 Å². The van der Waals surface area contributed by atoms with Gasteiger partial charge in [0.05, 0.1) is 26.2 Å². The van der Waals surface area contributed by atoms with Crippen molar-refractivity contribution in [3.05, 3.63) is 43.3 Å². The van der Waals surface area contributed by atoms with Crippen molar-refractivity contribution in [3.63, 3.8) is 0 Å². The molecular weight excluding hydrogens is 361 g/mol. The first-order valence-electron chi connectivity index (χ1n) is 6.03. The third-order valence-corrected chi connectivity index (χ3v) is 4.83. The molecule has 2 heterocycles. The van der Waals surface area contributed by atoms with E-state index >= 15 is 0 Å². The minimum absolute atomic E-state index is 0.295. The average molecular weight is 372 g/mol. The summed E-state index contributed by atoms with van der Waals surface area (Å²) in [7, 11) is 0. The molecule has 0 saturated carbocycles. The van der Waals surface area contributed by atoms with Crippen molar-refractivity contribution in [2.24, 2.45) is 0 Å². The smallest absolute Gasteiger partial charge is 0.178 e. The van der Waals surface area contributed by atoms with E-state index in [0.717, 1.165) is 29.2 Å². The lowest BCUT2D eigenvalue weighted by atomic mass is 10.3. The number of hydrogen-bond donors (Lipinski definition) is 1. The Morgan fingerprint density at radius 1 is 1.50 bits per heavy atom. The molecule has 0 fully saturated rings. The summed E-state index contributed by atoms with van der Waals surface area (Å²) in [6.07, 6.45) is 0.806. The first-order valence-corrected chi connectivity index (χ1v) is 8.11. The van der Waals surface area contributed by atoms with Gasteiger partial charge in [-0.3, -0.25) is 0 Å². The number of thiazole rings is 1. The van der Waals surface area contributed by atoms with Gasteiger partial charge in [0, 0.05) is 24.4 Å². The maximum Gasteiger partial charge on any atom is 0.178 e. The van der Waals surface area contributed by atoms with E-state index in [1.165, 1.54) is 6.07 Å². The molecule has 2 aromatic heterocycles. The van der Waals surface area contributed by atoms with Crippen LogP contribution in [0.4, 0.5) is 4.39 Å². The number of nitrogens with zero attached hydrogens (tertiary/aromatic N) is 2. The quantitative estimate of drug-likeness (QED) is 0.682. The lowest BCUT2D eigenvalue weighted by Gasteiger charge is -2.03. The van der Waals surface area contributed by atoms with E-state index in [-0.39, 0.29) is 5.82 Å². The van der Waals surface area contributed by atoms with Crippen LogP contribution in [0.3, 0.4) is 0 Å². The van der Waals surface area contributed by atoms with Crippen LogP contribution in [0.5, 0.6) is 0 Å². The molecule has 1 N–H and O–H groups in total. The Kier molecular flexibility index (Phi) is 3.74. The molecule has 0 unspecified atom stereocenters. The van der Waals surface area contributed by atoms with Crippen LogP contribution in [-0.2, 0) is 13.0 Å². The fourth-order valence-electron chi connectivity index (χ4n) is 2.12. The standard InChI is InChI=1S/C13H11BrFN3S2/c1-7-16-8(6-20-7)2-3-18-12-4-9(14)10(15)5-11(12)17-13(18)19/h4-6H,2-3H2,1H3,(H,17,19). The predicted octanol–water partition coefficient (Wildman–Crippen LogP) is 4.61. The van der Waals surface area contributed by atoms with Crippen LogP contribution >= 0.6 is 39.5 Å². The maximum atomic E-state index is 13.5. The second-order valence-corrected chi connectivity index (χ2v) is 6.78. The highest BCUT2D eigenvalue weighted by Crippen LogP contribution is 2.23. The largest absolute Gasteiger partial charge is 0.330 e. The molecule has 3 aromatic rings. The molecule has 0 radical (unpaired) electrons. The van der Waals surface area contributed by atoms with Crippen LogP contribution in [0, 0.1) is 17.5 Å². The fourth-order valence-corrected chi connectivity index (χ4v) is 3.40. The van der Waals surface area contributed by atoms with Gasteiger partial charge >= 0.3 is 0 Å². The number of aromatic amines is 1. The van der Waals surface area contributed by atoms with Gasteiger partial charge in [-0.05, 0) is 41.1 Å². The second-order valence-electron chi connectivity index (χ2n) is 4.47. The Balaban J connectivity index is 1.96. The highest BCUT2D eigenvalue weighted by molar-refractivity contribution is 9.10. The Morgan fingerprint density at radius 3 is 3.00 bits per heavy atom. The number of rotatable bonds is 3. The number of nitrogens with one attached hydrogen (secondary N) is 1. The highest BCUT2D eigenvalue weighted by atomic mass is 79.9. The van der Waals surface area contributed by atoms with Crippen molar-refractivity contribution < 1.29 is 4.39 Å². The van der Waals surface area contributed by atoms with E-state index in [1.807, 2.05) is 11.5 Å². The topological polar surface area (TPSA) is 33.6 Å². The number of aryl methyl sites for hydroxylation is 3. The molecule has 3 rings (SSSR count). The zero-order valence-electron chi connectivity index (χ0n) is 10.6. The van der Waals surface area contributed by atoms with E-state index < -0.39 is 0 Å². The number of imidazole rings is 1. The molecular formula is C13H11BrFN3S2. The second kappa shape index (κ2) is 5.38. The molecule has 0 aliphatic rings. The Bertz CT molecular complexity index is 834. The molecule has 1 aromatic carbocycles. The van der Waals surface area contributed by atoms with Crippen molar-refractivity contribution >= 4 is 50.5 Å². The van der Waals surface area contributed by atoms with Crippen molar-refractivity contribution in [3.8, 4) is 0 Å². The van der Waals surface area contributed by atoms with E-state index in [4.69, 9.17) is 12.2 Å². The summed E-state index contributed by atoms with van der Waals surface area (Å²) in [6.45, 7) is 2.71. The van der Waals surface area contributed by atoms with E-state index in [2.05, 4.69) is 31.3 Å². The Morgan fingerprint density at radius 2 is 2.30 bits per heavy atom. The third kappa shape index (κ3) is 2.57. The van der Waals surface area contributed by atoms with Crippen LogP contribution in [-0.4, -0.2) is 14.5 Å². The number of aromatic nitrogens is 3. The average Bonchev–Trinajstić information content (AvgIpc) is 2.92. The van der Waals surface area contributed by atoms with Crippen molar-refractivity contribution in [1.29, 1.82) is 0 Å². The number of halogens is 2. The molecule has 0 aliphatic carbocycles. The van der Waals surface area contributed by atoms with Crippen LogP contribution in [0.2, 0.25) is 0 Å². The van der Waals surface area contributed by atoms with Crippen molar-refractivity contribution in [1.82, 2.24) is 14.5 Å². The Labute approximate surface area is 132 Å². The van der Waals surface area contributed by atoms with E-state index in [1.54, 1.807) is 17.4 Å². The molecule has 7 heteroatoms.